The van der Waals surface area contributed by atoms with Crippen molar-refractivity contribution >= 4 is 40.8 Å². The van der Waals surface area contributed by atoms with Gasteiger partial charge in [0.15, 0.2) is 17.3 Å². The zero-order valence-electron chi connectivity index (χ0n) is 27.6. The highest BCUT2D eigenvalue weighted by Crippen LogP contribution is 2.38. The summed E-state index contributed by atoms with van der Waals surface area (Å²) in [6, 6.07) is 8.73. The Morgan fingerprint density at radius 1 is 0.894 bits per heavy atom. The lowest BCUT2D eigenvalue weighted by atomic mass is 9.86. The van der Waals surface area contributed by atoms with Crippen molar-refractivity contribution in [2.75, 3.05) is 54.5 Å². The maximum Gasteiger partial charge on any atom is 0.422 e. The monoisotopic (exact) mass is 643 g/mol. The van der Waals surface area contributed by atoms with Crippen LogP contribution in [0.3, 0.4) is 0 Å². The van der Waals surface area contributed by atoms with Gasteiger partial charge >= 0.3 is 12.2 Å². The van der Waals surface area contributed by atoms with Crippen molar-refractivity contribution in [1.29, 1.82) is 0 Å². The minimum atomic E-state index is -1.68. The van der Waals surface area contributed by atoms with Crippen LogP contribution in [0, 0.1) is 0 Å². The third kappa shape index (κ3) is 6.43. The normalized spacial score (nSPS) is 16.3. The Hall–Kier alpha value is -4.82. The van der Waals surface area contributed by atoms with Crippen molar-refractivity contribution in [2.24, 2.45) is 0 Å². The van der Waals surface area contributed by atoms with Crippen molar-refractivity contribution in [1.82, 2.24) is 29.2 Å². The lowest BCUT2D eigenvalue weighted by Crippen LogP contribution is -2.56. The Kier molecular flexibility index (Phi) is 8.26. The second-order valence-corrected chi connectivity index (χ2v) is 14.0. The van der Waals surface area contributed by atoms with E-state index in [9.17, 15) is 19.8 Å². The highest BCUT2D eigenvalue weighted by molar-refractivity contribution is 6.07. The fourth-order valence-electron chi connectivity index (χ4n) is 5.85. The first kappa shape index (κ1) is 32.1. The third-order valence-corrected chi connectivity index (χ3v) is 8.46. The molecule has 5 heterocycles. The number of nitrogens with zero attached hydrogens (tertiary/aromatic N) is 8. The van der Waals surface area contributed by atoms with Crippen molar-refractivity contribution in [3.8, 4) is 11.4 Å². The number of hydrogen-bond donors (Lipinski definition) is 3. The van der Waals surface area contributed by atoms with Crippen molar-refractivity contribution in [3.05, 3.63) is 54.2 Å². The SMILES string of the molecule is CC(C)(C)c1nc(C(C)(C)C)c(N(C(=O)O)C(=O)O)nc1-c1cn2ccnc2c(Nc2ccc(N3CCN(C4COC4)CC3)cc2)n1. The molecule has 0 unspecified atom stereocenters. The number of benzene rings is 1. The van der Waals surface area contributed by atoms with Crippen LogP contribution in [0.25, 0.3) is 17.0 Å². The fourth-order valence-corrected chi connectivity index (χ4v) is 5.85. The van der Waals surface area contributed by atoms with Crippen molar-refractivity contribution in [3.63, 3.8) is 0 Å². The quantitative estimate of drug-likeness (QED) is 0.252. The number of anilines is 4. The molecule has 47 heavy (non-hydrogen) atoms. The number of imidazole rings is 1. The van der Waals surface area contributed by atoms with Gasteiger partial charge in [-0.25, -0.2) is 24.5 Å². The molecule has 6 rings (SSSR count). The van der Waals surface area contributed by atoms with Crippen molar-refractivity contribution < 1.29 is 24.5 Å². The number of fused-ring (bicyclic) bond motifs is 1. The van der Waals surface area contributed by atoms with Gasteiger partial charge in [-0.05, 0) is 24.3 Å². The Morgan fingerprint density at radius 3 is 2.09 bits per heavy atom. The van der Waals surface area contributed by atoms with Gasteiger partial charge in [-0.15, -0.1) is 0 Å². The molecule has 3 N–H and O–H groups in total. The summed E-state index contributed by atoms with van der Waals surface area (Å²) in [6.07, 6.45) is 1.82. The Balaban J connectivity index is 1.37. The number of imide groups is 1. The summed E-state index contributed by atoms with van der Waals surface area (Å²) in [5, 5.41) is 23.2. The molecule has 2 aliphatic rings. The molecule has 2 saturated heterocycles. The molecule has 2 amide bonds. The fraction of sp³-hybridized carbons (Fsp3) is 0.455. The number of rotatable bonds is 6. The van der Waals surface area contributed by atoms with Crippen LogP contribution in [0.15, 0.2) is 42.9 Å². The summed E-state index contributed by atoms with van der Waals surface area (Å²) in [5.74, 6) is 0.174. The van der Waals surface area contributed by atoms with Gasteiger partial charge in [0.2, 0.25) is 0 Å². The second kappa shape index (κ2) is 12.1. The number of carboxylic acid groups (broad SMARTS) is 2. The van der Waals surface area contributed by atoms with Gasteiger partial charge in [0.1, 0.15) is 11.4 Å². The standard InChI is InChI=1S/C33H41N9O5/c1-32(2,3)25-24(37-28(26(38-25)33(4,5)6)42(30(43)44)31(45)46)23-17-41-12-11-34-29(41)27(36-23)35-20-7-9-21(10-8-20)39-13-15-40(16-14-39)22-18-47-19-22/h7-12,17,22H,13-16,18-19H2,1-6H3,(H,35,36)(H,43,44)(H,45,46). The molecule has 4 aromatic rings. The molecular weight excluding hydrogens is 602 g/mol. The van der Waals surface area contributed by atoms with Crippen LogP contribution in [0.4, 0.5) is 32.6 Å². The predicted molar refractivity (Wildman–Crippen MR) is 178 cm³/mol. The highest BCUT2D eigenvalue weighted by Gasteiger charge is 2.36. The minimum absolute atomic E-state index is 0.210. The van der Waals surface area contributed by atoms with Gasteiger partial charge in [0.05, 0.1) is 30.6 Å². The molecule has 14 heteroatoms. The maximum absolute atomic E-state index is 12.2. The van der Waals surface area contributed by atoms with Crippen LogP contribution in [0.1, 0.15) is 52.9 Å². The topological polar surface area (TPSA) is 162 Å². The van der Waals surface area contributed by atoms with Crippen molar-refractivity contribution in [2.45, 2.75) is 58.4 Å². The number of amides is 2. The summed E-state index contributed by atoms with van der Waals surface area (Å²) in [6.45, 7) is 17.0. The maximum atomic E-state index is 12.2. The first-order valence-electron chi connectivity index (χ1n) is 15.7. The zero-order valence-corrected chi connectivity index (χ0v) is 27.6. The summed E-state index contributed by atoms with van der Waals surface area (Å²) in [7, 11) is 0. The van der Waals surface area contributed by atoms with Crippen LogP contribution >= 0.6 is 0 Å². The van der Waals surface area contributed by atoms with E-state index in [2.05, 4.69) is 32.2 Å². The Bertz CT molecular complexity index is 1780. The van der Waals surface area contributed by atoms with E-state index in [1.54, 1.807) is 23.0 Å². The van der Waals surface area contributed by atoms with E-state index in [1.807, 2.05) is 53.7 Å². The number of hydrogen-bond acceptors (Lipinski definition) is 10. The number of carbonyl (C=O) groups is 2. The largest absolute Gasteiger partial charge is 0.464 e. The predicted octanol–water partition coefficient (Wildman–Crippen LogP) is 5.21. The molecule has 3 aromatic heterocycles. The van der Waals surface area contributed by atoms with Crippen LogP contribution < -0.4 is 15.1 Å². The highest BCUT2D eigenvalue weighted by atomic mass is 16.5. The zero-order chi connectivity index (χ0) is 33.7. The van der Waals surface area contributed by atoms with Crippen LogP contribution in [-0.4, -0.2) is 97.1 Å². The molecule has 0 saturated carbocycles. The van der Waals surface area contributed by atoms with Crippen LogP contribution in [0.2, 0.25) is 0 Å². The van der Waals surface area contributed by atoms with E-state index < -0.39 is 23.0 Å². The van der Waals surface area contributed by atoms with Gasteiger partial charge in [-0.1, -0.05) is 41.5 Å². The second-order valence-electron chi connectivity index (χ2n) is 14.0. The summed E-state index contributed by atoms with van der Waals surface area (Å²) in [4.78, 5) is 48.4. The summed E-state index contributed by atoms with van der Waals surface area (Å²) < 4.78 is 7.16. The molecule has 2 aliphatic heterocycles. The summed E-state index contributed by atoms with van der Waals surface area (Å²) >= 11 is 0. The molecule has 0 atom stereocenters. The average molecular weight is 644 g/mol. The summed E-state index contributed by atoms with van der Waals surface area (Å²) in [5.41, 5.74) is 2.70. The van der Waals surface area contributed by atoms with Gasteiger partial charge in [-0.3, -0.25) is 9.88 Å². The minimum Gasteiger partial charge on any atom is -0.464 e. The van der Waals surface area contributed by atoms with Crippen LogP contribution in [-0.2, 0) is 15.6 Å². The number of nitrogens with one attached hydrogen (secondary N) is 1. The average Bonchev–Trinajstić information content (AvgIpc) is 3.45. The van der Waals surface area contributed by atoms with Gasteiger partial charge in [-0.2, -0.15) is 4.90 Å². The number of ether oxygens (including phenoxy) is 1. The van der Waals surface area contributed by atoms with E-state index in [0.29, 0.717) is 28.9 Å². The first-order chi connectivity index (χ1) is 22.2. The lowest BCUT2D eigenvalue weighted by molar-refractivity contribution is -0.0660. The molecule has 14 nitrogen and oxygen atoms in total. The van der Waals surface area contributed by atoms with E-state index in [0.717, 1.165) is 50.8 Å². The molecule has 0 aliphatic carbocycles. The van der Waals surface area contributed by atoms with Gasteiger partial charge in [0, 0.05) is 67.0 Å². The molecule has 0 radical (unpaired) electrons. The molecule has 248 valence electrons. The van der Waals surface area contributed by atoms with Crippen LogP contribution in [0.5, 0.6) is 0 Å². The number of piperazine rings is 1. The molecular formula is C33H41N9O5. The molecule has 2 fully saturated rings. The number of aromatic nitrogens is 5. The Labute approximate surface area is 273 Å². The Morgan fingerprint density at radius 2 is 1.53 bits per heavy atom. The lowest BCUT2D eigenvalue weighted by Gasteiger charge is -2.43. The first-order valence-corrected chi connectivity index (χ1v) is 15.7. The molecule has 0 spiro atoms. The van der Waals surface area contributed by atoms with Gasteiger partial charge in [0.25, 0.3) is 0 Å². The molecule has 1 aromatic carbocycles. The van der Waals surface area contributed by atoms with E-state index >= 15 is 0 Å². The smallest absolute Gasteiger partial charge is 0.422 e. The third-order valence-electron chi connectivity index (χ3n) is 8.46. The van der Waals surface area contributed by atoms with E-state index in [4.69, 9.17) is 19.7 Å². The van der Waals surface area contributed by atoms with E-state index in [1.165, 1.54) is 0 Å². The molecule has 0 bridgehead atoms. The van der Waals surface area contributed by atoms with Gasteiger partial charge < -0.3 is 29.6 Å². The van der Waals surface area contributed by atoms with E-state index in [-0.39, 0.29) is 22.1 Å².